The summed E-state index contributed by atoms with van der Waals surface area (Å²) < 4.78 is 4.75. The third-order valence-corrected chi connectivity index (χ3v) is 4.27. The second kappa shape index (κ2) is 5.85. The first kappa shape index (κ1) is 14.5. The van der Waals surface area contributed by atoms with Crippen molar-refractivity contribution in [2.45, 2.75) is 46.5 Å². The van der Waals surface area contributed by atoms with E-state index in [1.807, 2.05) is 0 Å². The first-order chi connectivity index (χ1) is 7.90. The van der Waals surface area contributed by atoms with Crippen LogP contribution in [0.2, 0.25) is 0 Å². The summed E-state index contributed by atoms with van der Waals surface area (Å²) in [7, 11) is 1.39. The van der Waals surface area contributed by atoms with E-state index in [0.717, 1.165) is 31.6 Å². The number of rotatable bonds is 3. The van der Waals surface area contributed by atoms with E-state index in [4.69, 9.17) is 4.74 Å². The molecule has 1 rings (SSSR count). The molecule has 0 bridgehead atoms. The normalized spacial score (nSPS) is 27.6. The number of ether oxygens (including phenoxy) is 1. The number of hydrogen-bond donors (Lipinski definition) is 1. The average molecular weight is 242 g/mol. The number of aliphatic hydroxyl groups is 1. The monoisotopic (exact) mass is 242 g/mol. The van der Waals surface area contributed by atoms with E-state index in [0.29, 0.717) is 11.3 Å². The lowest BCUT2D eigenvalue weighted by Crippen LogP contribution is -2.33. The zero-order chi connectivity index (χ0) is 13.1. The van der Waals surface area contributed by atoms with Gasteiger partial charge in [-0.15, -0.1) is 0 Å². The van der Waals surface area contributed by atoms with Gasteiger partial charge in [0, 0.05) is 0 Å². The quantitative estimate of drug-likeness (QED) is 0.774. The lowest BCUT2D eigenvalue weighted by Gasteiger charge is -2.38. The summed E-state index contributed by atoms with van der Waals surface area (Å²) in [6.45, 7) is 6.75. The predicted molar refractivity (Wildman–Crippen MR) is 67.5 cm³/mol. The van der Waals surface area contributed by atoms with Crippen LogP contribution >= 0.6 is 0 Å². The first-order valence-electron chi connectivity index (χ1n) is 6.58. The Bertz CT molecular complexity index is 247. The van der Waals surface area contributed by atoms with Crippen LogP contribution in [0.3, 0.4) is 0 Å². The van der Waals surface area contributed by atoms with Crippen molar-refractivity contribution in [3.63, 3.8) is 0 Å². The highest BCUT2D eigenvalue weighted by atomic mass is 16.5. The zero-order valence-corrected chi connectivity index (χ0v) is 11.5. The molecule has 0 amide bonds. The highest BCUT2D eigenvalue weighted by Crippen LogP contribution is 2.41. The Hall–Kier alpha value is -0.570. The molecule has 1 N–H and O–H groups in total. The molecule has 0 heterocycles. The van der Waals surface area contributed by atoms with Crippen LogP contribution < -0.4 is 0 Å². The van der Waals surface area contributed by atoms with Crippen LogP contribution in [-0.4, -0.2) is 24.8 Å². The molecule has 0 radical (unpaired) electrons. The molecule has 1 saturated carbocycles. The Morgan fingerprint density at radius 2 is 1.82 bits per heavy atom. The van der Waals surface area contributed by atoms with Gasteiger partial charge >= 0.3 is 5.97 Å². The van der Waals surface area contributed by atoms with E-state index in [-0.39, 0.29) is 18.5 Å². The fourth-order valence-electron chi connectivity index (χ4n) is 2.96. The molecule has 1 atom stereocenters. The Morgan fingerprint density at radius 3 is 2.18 bits per heavy atom. The van der Waals surface area contributed by atoms with E-state index in [1.165, 1.54) is 7.11 Å². The number of carbonyl (C=O) groups is 1. The smallest absolute Gasteiger partial charge is 0.311 e. The lowest BCUT2D eigenvalue weighted by molar-refractivity contribution is -0.149. The molecule has 17 heavy (non-hydrogen) atoms. The van der Waals surface area contributed by atoms with Crippen LogP contribution in [0.25, 0.3) is 0 Å². The highest BCUT2D eigenvalue weighted by Gasteiger charge is 2.35. The summed E-state index contributed by atoms with van der Waals surface area (Å²) in [4.78, 5) is 11.5. The Kier molecular flexibility index (Phi) is 4.99. The van der Waals surface area contributed by atoms with Gasteiger partial charge in [-0.3, -0.25) is 4.79 Å². The summed E-state index contributed by atoms with van der Waals surface area (Å²) >= 11 is 0. The molecule has 1 unspecified atom stereocenters. The van der Waals surface area contributed by atoms with E-state index < -0.39 is 0 Å². The molecule has 1 aliphatic rings. The fraction of sp³-hybridized carbons (Fsp3) is 0.929. The van der Waals surface area contributed by atoms with Gasteiger partial charge in [0.05, 0.1) is 19.6 Å². The largest absolute Gasteiger partial charge is 0.469 e. The number of methoxy groups -OCH3 is 1. The van der Waals surface area contributed by atoms with Gasteiger partial charge in [0.1, 0.15) is 0 Å². The number of aliphatic hydroxyl groups excluding tert-OH is 1. The van der Waals surface area contributed by atoms with Crippen LogP contribution in [0.5, 0.6) is 0 Å². The fourth-order valence-corrected chi connectivity index (χ4v) is 2.96. The topological polar surface area (TPSA) is 46.5 Å². The molecule has 1 aliphatic carbocycles. The van der Waals surface area contributed by atoms with Crippen molar-refractivity contribution in [3.05, 3.63) is 0 Å². The van der Waals surface area contributed by atoms with Crippen LogP contribution in [-0.2, 0) is 9.53 Å². The molecule has 3 heteroatoms. The van der Waals surface area contributed by atoms with Crippen molar-refractivity contribution >= 4 is 5.97 Å². The lowest BCUT2D eigenvalue weighted by atomic mass is 9.67. The van der Waals surface area contributed by atoms with Crippen LogP contribution in [0.1, 0.15) is 46.5 Å². The van der Waals surface area contributed by atoms with Crippen molar-refractivity contribution in [3.8, 4) is 0 Å². The van der Waals surface area contributed by atoms with Crippen molar-refractivity contribution in [2.75, 3.05) is 13.7 Å². The molecular weight excluding hydrogens is 216 g/mol. The second-order valence-corrected chi connectivity index (χ2v) is 6.29. The van der Waals surface area contributed by atoms with Crippen molar-refractivity contribution in [1.29, 1.82) is 0 Å². The number of carbonyl (C=O) groups excluding carboxylic acids is 1. The van der Waals surface area contributed by atoms with E-state index >= 15 is 0 Å². The van der Waals surface area contributed by atoms with Gasteiger partial charge < -0.3 is 9.84 Å². The summed E-state index contributed by atoms with van der Waals surface area (Å²) in [5.41, 5.74) is 0.352. The van der Waals surface area contributed by atoms with Gasteiger partial charge in [0.15, 0.2) is 0 Å². The number of hydrogen-bond acceptors (Lipinski definition) is 3. The molecule has 0 saturated heterocycles. The highest BCUT2D eigenvalue weighted by molar-refractivity contribution is 5.72. The second-order valence-electron chi connectivity index (χ2n) is 6.29. The summed E-state index contributed by atoms with van der Waals surface area (Å²) in [5, 5.41) is 9.30. The van der Waals surface area contributed by atoms with Gasteiger partial charge in [0.25, 0.3) is 0 Å². The SMILES string of the molecule is COC(=O)C(CO)C1CCC(C(C)(C)C)CC1. The summed E-state index contributed by atoms with van der Waals surface area (Å²) in [5.74, 6) is 0.453. The summed E-state index contributed by atoms with van der Waals surface area (Å²) in [6, 6.07) is 0. The van der Waals surface area contributed by atoms with Gasteiger partial charge in [-0.2, -0.15) is 0 Å². The van der Waals surface area contributed by atoms with Crippen LogP contribution in [0, 0.1) is 23.2 Å². The van der Waals surface area contributed by atoms with Gasteiger partial charge in [0.2, 0.25) is 0 Å². The molecule has 0 spiro atoms. The van der Waals surface area contributed by atoms with Crippen molar-refractivity contribution in [1.82, 2.24) is 0 Å². The minimum absolute atomic E-state index is 0.0858. The molecule has 1 fully saturated rings. The maximum absolute atomic E-state index is 11.5. The molecule has 0 aromatic rings. The van der Waals surface area contributed by atoms with Crippen LogP contribution in [0.15, 0.2) is 0 Å². The van der Waals surface area contributed by atoms with Crippen LogP contribution in [0.4, 0.5) is 0 Å². The molecular formula is C14H26O3. The minimum atomic E-state index is -0.319. The molecule has 100 valence electrons. The van der Waals surface area contributed by atoms with Gasteiger partial charge in [-0.25, -0.2) is 0 Å². The Morgan fingerprint density at radius 1 is 1.29 bits per heavy atom. The van der Waals surface area contributed by atoms with E-state index in [9.17, 15) is 9.90 Å². The standard InChI is InChI=1S/C14H26O3/c1-14(2,3)11-7-5-10(6-8-11)12(9-15)13(16)17-4/h10-12,15H,5-9H2,1-4H3. The van der Waals surface area contributed by atoms with E-state index in [1.54, 1.807) is 0 Å². The molecule has 0 aromatic carbocycles. The zero-order valence-electron chi connectivity index (χ0n) is 11.5. The Labute approximate surface area is 105 Å². The minimum Gasteiger partial charge on any atom is -0.469 e. The predicted octanol–water partition coefficient (Wildman–Crippen LogP) is 2.62. The van der Waals surface area contributed by atoms with Crippen molar-refractivity contribution < 1.29 is 14.6 Å². The van der Waals surface area contributed by atoms with Gasteiger partial charge in [-0.05, 0) is 42.9 Å². The van der Waals surface area contributed by atoms with Gasteiger partial charge in [-0.1, -0.05) is 20.8 Å². The number of esters is 1. The maximum atomic E-state index is 11.5. The third-order valence-electron chi connectivity index (χ3n) is 4.27. The molecule has 3 nitrogen and oxygen atoms in total. The molecule has 0 aromatic heterocycles. The Balaban J connectivity index is 2.53. The third kappa shape index (κ3) is 3.70. The maximum Gasteiger partial charge on any atom is 0.311 e. The first-order valence-corrected chi connectivity index (χ1v) is 6.58. The molecule has 0 aliphatic heterocycles. The van der Waals surface area contributed by atoms with E-state index in [2.05, 4.69) is 20.8 Å². The average Bonchev–Trinajstić information content (AvgIpc) is 2.29. The van der Waals surface area contributed by atoms with Crippen molar-refractivity contribution in [2.24, 2.45) is 23.2 Å². The summed E-state index contributed by atoms with van der Waals surface area (Å²) in [6.07, 6.45) is 4.37.